The normalized spacial score (nSPS) is 14.5. The minimum absolute atomic E-state index is 0.167. The van der Waals surface area contributed by atoms with Crippen LogP contribution in [0.2, 0.25) is 0 Å². The molecule has 0 spiro atoms. The number of nitrogens with one attached hydrogen (secondary N) is 1. The zero-order valence-electron chi connectivity index (χ0n) is 8.77. The van der Waals surface area contributed by atoms with E-state index in [-0.39, 0.29) is 24.9 Å². The summed E-state index contributed by atoms with van der Waals surface area (Å²) in [7, 11) is 0. The van der Waals surface area contributed by atoms with Crippen molar-refractivity contribution in [2.75, 3.05) is 6.61 Å². The number of ether oxygens (including phenoxy) is 1. The summed E-state index contributed by atoms with van der Waals surface area (Å²) >= 11 is 1.54. The van der Waals surface area contributed by atoms with E-state index in [0.29, 0.717) is 6.04 Å². The summed E-state index contributed by atoms with van der Waals surface area (Å²) in [6.07, 6.45) is 2.31. The molecule has 1 saturated carbocycles. The van der Waals surface area contributed by atoms with Crippen molar-refractivity contribution in [3.63, 3.8) is 0 Å². The van der Waals surface area contributed by atoms with Crippen molar-refractivity contribution in [3.05, 3.63) is 22.4 Å². The first-order chi connectivity index (χ1) is 7.74. The Hall–Kier alpha value is -1.36. The molecule has 1 aromatic heterocycles. The van der Waals surface area contributed by atoms with E-state index in [2.05, 4.69) is 5.32 Å². The molecule has 1 aliphatic carbocycles. The molecule has 0 aromatic carbocycles. The van der Waals surface area contributed by atoms with Crippen molar-refractivity contribution < 1.29 is 14.3 Å². The third-order valence-electron chi connectivity index (χ3n) is 2.24. The molecule has 1 aliphatic rings. The lowest BCUT2D eigenvalue weighted by Gasteiger charge is -2.04. The molecule has 2 rings (SSSR count). The Balaban J connectivity index is 1.65. The van der Waals surface area contributed by atoms with Gasteiger partial charge < -0.3 is 10.1 Å². The van der Waals surface area contributed by atoms with Crippen LogP contribution in [0.5, 0.6) is 0 Å². The Bertz CT molecular complexity index is 371. The molecule has 0 saturated heterocycles. The van der Waals surface area contributed by atoms with Gasteiger partial charge in [0.15, 0.2) is 6.61 Å². The van der Waals surface area contributed by atoms with Gasteiger partial charge in [0.25, 0.3) is 5.91 Å². The van der Waals surface area contributed by atoms with Gasteiger partial charge in [-0.05, 0) is 35.2 Å². The minimum Gasteiger partial charge on any atom is -0.455 e. The van der Waals surface area contributed by atoms with Crippen molar-refractivity contribution in [1.29, 1.82) is 0 Å². The second-order valence-electron chi connectivity index (χ2n) is 3.81. The maximum atomic E-state index is 11.3. The topological polar surface area (TPSA) is 55.4 Å². The van der Waals surface area contributed by atoms with Gasteiger partial charge in [0.2, 0.25) is 0 Å². The molecular formula is C11H13NO3S. The van der Waals surface area contributed by atoms with Gasteiger partial charge in [-0.2, -0.15) is 11.3 Å². The van der Waals surface area contributed by atoms with Crippen LogP contribution in [0.25, 0.3) is 0 Å². The molecule has 0 radical (unpaired) electrons. The molecule has 86 valence electrons. The number of carbonyl (C=O) groups excluding carboxylic acids is 2. The first-order valence-electron chi connectivity index (χ1n) is 5.20. The lowest BCUT2D eigenvalue weighted by atomic mass is 10.2. The van der Waals surface area contributed by atoms with Crippen molar-refractivity contribution >= 4 is 23.2 Å². The highest BCUT2D eigenvalue weighted by atomic mass is 32.1. The molecule has 1 amide bonds. The lowest BCUT2D eigenvalue weighted by Crippen LogP contribution is -2.30. The standard InChI is InChI=1S/C11H13NO3S/c13-10(12-9-1-2-9)6-15-11(14)5-8-3-4-16-7-8/h3-4,7,9H,1-2,5-6H2,(H,12,13). The maximum Gasteiger partial charge on any atom is 0.310 e. The van der Waals surface area contributed by atoms with E-state index in [1.807, 2.05) is 16.8 Å². The van der Waals surface area contributed by atoms with E-state index in [1.165, 1.54) is 11.3 Å². The summed E-state index contributed by atoms with van der Waals surface area (Å²) in [5.41, 5.74) is 0.928. The third-order valence-corrected chi connectivity index (χ3v) is 2.97. The first-order valence-corrected chi connectivity index (χ1v) is 6.14. The zero-order valence-corrected chi connectivity index (χ0v) is 9.59. The maximum absolute atomic E-state index is 11.3. The van der Waals surface area contributed by atoms with Crippen molar-refractivity contribution in [3.8, 4) is 0 Å². The van der Waals surface area contributed by atoms with Crippen LogP contribution >= 0.6 is 11.3 Å². The predicted octanol–water partition coefficient (Wildman–Crippen LogP) is 1.11. The summed E-state index contributed by atoms with van der Waals surface area (Å²) in [5, 5.41) is 6.55. The summed E-state index contributed by atoms with van der Waals surface area (Å²) in [6.45, 7) is -0.167. The number of rotatable bonds is 5. The van der Waals surface area contributed by atoms with Gasteiger partial charge in [0, 0.05) is 6.04 Å². The number of esters is 1. The number of carbonyl (C=O) groups is 2. The van der Waals surface area contributed by atoms with Gasteiger partial charge in [0.05, 0.1) is 6.42 Å². The highest BCUT2D eigenvalue weighted by Crippen LogP contribution is 2.18. The third kappa shape index (κ3) is 3.66. The molecule has 1 aromatic rings. The second-order valence-corrected chi connectivity index (χ2v) is 4.59. The van der Waals surface area contributed by atoms with Crippen molar-refractivity contribution in [2.45, 2.75) is 25.3 Å². The van der Waals surface area contributed by atoms with Crippen LogP contribution in [0.1, 0.15) is 18.4 Å². The Morgan fingerprint density at radius 1 is 1.50 bits per heavy atom. The van der Waals surface area contributed by atoms with Gasteiger partial charge in [-0.1, -0.05) is 0 Å². The van der Waals surface area contributed by atoms with Crippen LogP contribution in [0.3, 0.4) is 0 Å². The smallest absolute Gasteiger partial charge is 0.310 e. The van der Waals surface area contributed by atoms with Crippen LogP contribution in [0.15, 0.2) is 16.8 Å². The van der Waals surface area contributed by atoms with E-state index in [4.69, 9.17) is 4.74 Å². The second kappa shape index (κ2) is 5.12. The van der Waals surface area contributed by atoms with E-state index < -0.39 is 0 Å². The minimum atomic E-state index is -0.357. The highest BCUT2D eigenvalue weighted by Gasteiger charge is 2.23. The van der Waals surface area contributed by atoms with E-state index in [9.17, 15) is 9.59 Å². The molecule has 0 unspecified atom stereocenters. The quantitative estimate of drug-likeness (QED) is 0.783. The number of amides is 1. The fraction of sp³-hybridized carbons (Fsp3) is 0.455. The molecule has 1 fully saturated rings. The Morgan fingerprint density at radius 3 is 2.94 bits per heavy atom. The SMILES string of the molecule is O=C(COC(=O)Cc1ccsc1)NC1CC1. The largest absolute Gasteiger partial charge is 0.455 e. The monoisotopic (exact) mass is 239 g/mol. The van der Waals surface area contributed by atoms with Crippen LogP contribution in [-0.2, 0) is 20.7 Å². The van der Waals surface area contributed by atoms with Crippen LogP contribution in [0.4, 0.5) is 0 Å². The summed E-state index contributed by atoms with van der Waals surface area (Å²) in [5.74, 6) is -0.564. The number of hydrogen-bond donors (Lipinski definition) is 1. The summed E-state index contributed by atoms with van der Waals surface area (Å²) < 4.78 is 4.86. The van der Waals surface area contributed by atoms with Crippen LogP contribution < -0.4 is 5.32 Å². The molecule has 4 nitrogen and oxygen atoms in total. The van der Waals surface area contributed by atoms with Crippen LogP contribution in [0, 0.1) is 0 Å². The van der Waals surface area contributed by atoms with Gasteiger partial charge >= 0.3 is 5.97 Å². The Morgan fingerprint density at radius 2 is 2.31 bits per heavy atom. The molecular weight excluding hydrogens is 226 g/mol. The molecule has 1 N–H and O–H groups in total. The summed E-state index contributed by atoms with van der Waals surface area (Å²) in [4.78, 5) is 22.5. The van der Waals surface area contributed by atoms with E-state index in [0.717, 1.165) is 18.4 Å². The van der Waals surface area contributed by atoms with Crippen LogP contribution in [-0.4, -0.2) is 24.5 Å². The Labute approximate surface area is 97.6 Å². The molecule has 0 bridgehead atoms. The highest BCUT2D eigenvalue weighted by molar-refractivity contribution is 7.07. The molecule has 5 heteroatoms. The van der Waals surface area contributed by atoms with E-state index >= 15 is 0 Å². The number of hydrogen-bond acceptors (Lipinski definition) is 4. The van der Waals surface area contributed by atoms with E-state index in [1.54, 1.807) is 0 Å². The van der Waals surface area contributed by atoms with Gasteiger partial charge in [-0.15, -0.1) is 0 Å². The molecule has 16 heavy (non-hydrogen) atoms. The fourth-order valence-corrected chi connectivity index (χ4v) is 1.92. The molecule has 0 aliphatic heterocycles. The van der Waals surface area contributed by atoms with Gasteiger partial charge in [0.1, 0.15) is 0 Å². The zero-order chi connectivity index (χ0) is 11.4. The first kappa shape index (κ1) is 11.1. The average molecular weight is 239 g/mol. The van der Waals surface area contributed by atoms with Crippen molar-refractivity contribution in [1.82, 2.24) is 5.32 Å². The lowest BCUT2D eigenvalue weighted by molar-refractivity contribution is -0.147. The Kier molecular flexibility index (Phi) is 3.56. The van der Waals surface area contributed by atoms with Gasteiger partial charge in [-0.25, -0.2) is 0 Å². The fourth-order valence-electron chi connectivity index (χ4n) is 1.25. The number of thiophene rings is 1. The average Bonchev–Trinajstić information content (AvgIpc) is 2.91. The molecule has 1 heterocycles. The predicted molar refractivity (Wildman–Crippen MR) is 60.1 cm³/mol. The van der Waals surface area contributed by atoms with Crippen molar-refractivity contribution in [2.24, 2.45) is 0 Å². The molecule has 0 atom stereocenters. The summed E-state index contributed by atoms with van der Waals surface area (Å²) in [6, 6.07) is 2.18. The van der Waals surface area contributed by atoms with Gasteiger partial charge in [-0.3, -0.25) is 9.59 Å².